The Morgan fingerprint density at radius 1 is 1.53 bits per heavy atom. The summed E-state index contributed by atoms with van der Waals surface area (Å²) in [6.07, 6.45) is 2.66. The molecule has 0 bridgehead atoms. The van der Waals surface area contributed by atoms with Crippen molar-refractivity contribution in [3.63, 3.8) is 0 Å². The van der Waals surface area contributed by atoms with Gasteiger partial charge in [0.1, 0.15) is 9.39 Å². The number of anilines is 1. The van der Waals surface area contributed by atoms with Crippen LogP contribution in [0.25, 0.3) is 0 Å². The first kappa shape index (κ1) is 12.9. The van der Waals surface area contributed by atoms with Crippen molar-refractivity contribution in [2.24, 2.45) is 11.3 Å². The fourth-order valence-electron chi connectivity index (χ4n) is 2.25. The minimum atomic E-state index is -0.0465. The molecule has 0 radical (unpaired) electrons. The van der Waals surface area contributed by atoms with Crippen molar-refractivity contribution < 1.29 is 0 Å². The zero-order valence-corrected chi connectivity index (χ0v) is 12.6. The van der Waals surface area contributed by atoms with Crippen molar-refractivity contribution in [1.82, 2.24) is 9.97 Å². The second-order valence-electron chi connectivity index (χ2n) is 5.67. The summed E-state index contributed by atoms with van der Waals surface area (Å²) < 4.78 is 0.694. The molecule has 1 aliphatic heterocycles. The molecule has 1 fully saturated rings. The molecular weight excluding hydrogens is 329 g/mol. The van der Waals surface area contributed by atoms with Gasteiger partial charge in [-0.2, -0.15) is 0 Å². The molecule has 0 amide bonds. The van der Waals surface area contributed by atoms with Gasteiger partial charge in [0.05, 0.1) is 6.33 Å². The zero-order valence-electron chi connectivity index (χ0n) is 10.5. The number of hydrogen-bond acceptors (Lipinski definition) is 3. The summed E-state index contributed by atoms with van der Waals surface area (Å²) in [5.41, 5.74) is 0.274. The third-order valence-electron chi connectivity index (χ3n) is 3.49. The van der Waals surface area contributed by atoms with Crippen molar-refractivity contribution in [2.75, 3.05) is 18.0 Å². The van der Waals surface area contributed by atoms with E-state index in [0.717, 1.165) is 18.9 Å². The van der Waals surface area contributed by atoms with E-state index in [2.05, 4.69) is 58.2 Å². The highest BCUT2D eigenvalue weighted by Gasteiger charge is 2.33. The first-order chi connectivity index (χ1) is 7.89. The maximum absolute atomic E-state index is 11.5. The van der Waals surface area contributed by atoms with E-state index in [4.69, 9.17) is 0 Å². The highest BCUT2D eigenvalue weighted by atomic mass is 127. The SMILES string of the molecule is CC(C)(C)C1CCN(c2nc[nH]c(=O)c2I)C1. The molecule has 4 nitrogen and oxygen atoms in total. The van der Waals surface area contributed by atoms with Crippen molar-refractivity contribution in [2.45, 2.75) is 27.2 Å². The van der Waals surface area contributed by atoms with Crippen LogP contribution in [0.5, 0.6) is 0 Å². The molecular formula is C12H18IN3O. The molecule has 0 aromatic carbocycles. The van der Waals surface area contributed by atoms with Gasteiger partial charge in [-0.15, -0.1) is 0 Å². The molecule has 1 unspecified atom stereocenters. The molecule has 2 rings (SSSR count). The number of rotatable bonds is 1. The average molecular weight is 347 g/mol. The molecule has 0 saturated carbocycles. The Morgan fingerprint density at radius 2 is 2.24 bits per heavy atom. The number of halogens is 1. The number of hydrogen-bond donors (Lipinski definition) is 1. The van der Waals surface area contributed by atoms with Crippen LogP contribution in [0.3, 0.4) is 0 Å². The molecule has 1 aromatic heterocycles. The van der Waals surface area contributed by atoms with Crippen LogP contribution in [0.2, 0.25) is 0 Å². The van der Waals surface area contributed by atoms with Crippen LogP contribution in [0.4, 0.5) is 5.82 Å². The van der Waals surface area contributed by atoms with E-state index in [1.54, 1.807) is 0 Å². The van der Waals surface area contributed by atoms with Crippen LogP contribution in [-0.2, 0) is 0 Å². The van der Waals surface area contributed by atoms with Crippen LogP contribution >= 0.6 is 22.6 Å². The largest absolute Gasteiger partial charge is 0.355 e. The van der Waals surface area contributed by atoms with Gasteiger partial charge in [-0.05, 0) is 40.3 Å². The van der Waals surface area contributed by atoms with Crippen LogP contribution in [0, 0.1) is 14.9 Å². The van der Waals surface area contributed by atoms with Crippen LogP contribution in [0.1, 0.15) is 27.2 Å². The van der Waals surface area contributed by atoms with Gasteiger partial charge in [0.2, 0.25) is 0 Å². The molecule has 1 aliphatic rings. The number of aromatic amines is 1. The summed E-state index contributed by atoms with van der Waals surface area (Å²) in [4.78, 5) is 20.7. The molecule has 5 heteroatoms. The number of aromatic nitrogens is 2. The Labute approximate surface area is 115 Å². The lowest BCUT2D eigenvalue weighted by Gasteiger charge is -2.27. The van der Waals surface area contributed by atoms with Crippen molar-refractivity contribution in [1.29, 1.82) is 0 Å². The summed E-state index contributed by atoms with van der Waals surface area (Å²) in [5, 5.41) is 0. The monoisotopic (exact) mass is 347 g/mol. The van der Waals surface area contributed by atoms with Crippen LogP contribution < -0.4 is 10.5 Å². The Balaban J connectivity index is 2.21. The van der Waals surface area contributed by atoms with Crippen molar-refractivity contribution in [3.8, 4) is 0 Å². The van der Waals surface area contributed by atoms with Gasteiger partial charge < -0.3 is 9.88 Å². The predicted octanol–water partition coefficient (Wildman–Crippen LogP) is 2.25. The van der Waals surface area contributed by atoms with Gasteiger partial charge in [0.15, 0.2) is 0 Å². The van der Waals surface area contributed by atoms with Gasteiger partial charge >= 0.3 is 0 Å². The lowest BCUT2D eigenvalue weighted by molar-refractivity contribution is 0.263. The molecule has 0 aliphatic carbocycles. The topological polar surface area (TPSA) is 49.0 Å². The summed E-state index contributed by atoms with van der Waals surface area (Å²) in [7, 11) is 0. The minimum Gasteiger partial charge on any atom is -0.355 e. The lowest BCUT2D eigenvalue weighted by atomic mass is 9.80. The minimum absolute atomic E-state index is 0.0465. The van der Waals surface area contributed by atoms with E-state index in [1.807, 2.05) is 0 Å². The van der Waals surface area contributed by atoms with Crippen molar-refractivity contribution >= 4 is 28.4 Å². The number of nitrogens with zero attached hydrogens (tertiary/aromatic N) is 2. The predicted molar refractivity (Wildman–Crippen MR) is 77.3 cm³/mol. The van der Waals surface area contributed by atoms with E-state index in [-0.39, 0.29) is 5.56 Å². The molecule has 0 spiro atoms. The maximum atomic E-state index is 11.5. The Kier molecular flexibility index (Phi) is 3.47. The first-order valence-corrected chi connectivity index (χ1v) is 6.95. The average Bonchev–Trinajstić information content (AvgIpc) is 2.70. The van der Waals surface area contributed by atoms with Gasteiger partial charge in [0.25, 0.3) is 5.56 Å². The van der Waals surface area contributed by atoms with E-state index < -0.39 is 0 Å². The molecule has 1 N–H and O–H groups in total. The lowest BCUT2D eigenvalue weighted by Crippen LogP contribution is -2.28. The van der Waals surface area contributed by atoms with Crippen LogP contribution in [-0.4, -0.2) is 23.1 Å². The molecule has 1 atom stereocenters. The maximum Gasteiger partial charge on any atom is 0.266 e. The fourth-order valence-corrected chi connectivity index (χ4v) is 2.89. The van der Waals surface area contributed by atoms with E-state index in [0.29, 0.717) is 14.9 Å². The number of H-pyrrole nitrogens is 1. The van der Waals surface area contributed by atoms with Gasteiger partial charge in [-0.25, -0.2) is 4.98 Å². The third kappa shape index (κ3) is 2.64. The Hall–Kier alpha value is -0.590. The zero-order chi connectivity index (χ0) is 12.6. The molecule has 94 valence electrons. The highest BCUT2D eigenvalue weighted by Crippen LogP contribution is 2.35. The third-order valence-corrected chi connectivity index (χ3v) is 4.46. The summed E-state index contributed by atoms with van der Waals surface area (Å²) >= 11 is 2.07. The Bertz CT molecular complexity index is 464. The number of nitrogens with one attached hydrogen (secondary N) is 1. The molecule has 1 aromatic rings. The summed E-state index contributed by atoms with van der Waals surface area (Å²) in [6.45, 7) is 8.82. The van der Waals surface area contributed by atoms with Crippen molar-refractivity contribution in [3.05, 3.63) is 20.3 Å². The van der Waals surface area contributed by atoms with E-state index in [1.165, 1.54) is 12.7 Å². The second kappa shape index (κ2) is 4.59. The van der Waals surface area contributed by atoms with Crippen LogP contribution in [0.15, 0.2) is 11.1 Å². The Morgan fingerprint density at radius 3 is 2.82 bits per heavy atom. The highest BCUT2D eigenvalue weighted by molar-refractivity contribution is 14.1. The van der Waals surface area contributed by atoms with Gasteiger partial charge in [-0.1, -0.05) is 20.8 Å². The molecule has 2 heterocycles. The fraction of sp³-hybridized carbons (Fsp3) is 0.667. The summed E-state index contributed by atoms with van der Waals surface area (Å²) in [5.74, 6) is 1.50. The quantitative estimate of drug-likeness (QED) is 0.793. The van der Waals surface area contributed by atoms with Gasteiger partial charge in [-0.3, -0.25) is 4.79 Å². The summed E-state index contributed by atoms with van der Waals surface area (Å²) in [6, 6.07) is 0. The second-order valence-corrected chi connectivity index (χ2v) is 6.75. The first-order valence-electron chi connectivity index (χ1n) is 5.87. The van der Waals surface area contributed by atoms with Gasteiger partial charge in [0, 0.05) is 13.1 Å². The smallest absolute Gasteiger partial charge is 0.266 e. The normalized spacial score (nSPS) is 20.9. The standard InChI is InChI=1S/C12H18IN3O/c1-12(2,3)8-4-5-16(6-8)10-9(13)11(17)15-7-14-10/h7-8H,4-6H2,1-3H3,(H,14,15,17). The molecule has 1 saturated heterocycles. The van der Waals surface area contributed by atoms with E-state index in [9.17, 15) is 4.79 Å². The molecule has 17 heavy (non-hydrogen) atoms. The van der Waals surface area contributed by atoms with E-state index >= 15 is 0 Å².